The first-order valence-corrected chi connectivity index (χ1v) is 7.08. The molecule has 1 unspecified atom stereocenters. The Labute approximate surface area is 109 Å². The molecule has 0 saturated heterocycles. The zero-order chi connectivity index (χ0) is 12.4. The number of hydrogen-bond acceptors (Lipinski definition) is 2. The zero-order valence-corrected chi connectivity index (χ0v) is 11.1. The third kappa shape index (κ3) is 2.69. The molecule has 98 valence electrons. The third-order valence-corrected chi connectivity index (χ3v) is 4.35. The summed E-state index contributed by atoms with van der Waals surface area (Å²) < 4.78 is 11.3. The Morgan fingerprint density at radius 1 is 1.11 bits per heavy atom. The molecule has 0 N–H and O–H groups in total. The second-order valence-electron chi connectivity index (χ2n) is 5.84. The molecule has 2 bridgehead atoms. The van der Waals surface area contributed by atoms with Gasteiger partial charge in [-0.2, -0.15) is 0 Å². The summed E-state index contributed by atoms with van der Waals surface area (Å²) >= 11 is 0. The molecule has 2 fully saturated rings. The van der Waals surface area contributed by atoms with Gasteiger partial charge < -0.3 is 9.47 Å². The fourth-order valence-corrected chi connectivity index (χ4v) is 3.61. The van der Waals surface area contributed by atoms with Crippen LogP contribution in [0, 0.1) is 11.8 Å². The van der Waals surface area contributed by atoms with Gasteiger partial charge in [-0.25, -0.2) is 0 Å². The second-order valence-corrected chi connectivity index (χ2v) is 5.84. The van der Waals surface area contributed by atoms with Gasteiger partial charge in [0.15, 0.2) is 0 Å². The van der Waals surface area contributed by atoms with E-state index in [1.165, 1.54) is 37.7 Å². The van der Waals surface area contributed by atoms with E-state index in [-0.39, 0.29) is 0 Å². The van der Waals surface area contributed by atoms with Crippen LogP contribution < -0.4 is 4.74 Å². The smallest absolute Gasteiger partial charge is 0.120 e. The average molecular weight is 246 g/mol. The summed E-state index contributed by atoms with van der Waals surface area (Å²) in [6, 6.07) is 8.32. The van der Waals surface area contributed by atoms with E-state index in [1.54, 1.807) is 7.11 Å². The SMILES string of the molecule is COCc1cccc(OC2C[C@H]3CC[C@@H](C2)C3)c1. The van der Waals surface area contributed by atoms with Gasteiger partial charge in [-0.05, 0) is 48.8 Å². The molecule has 0 amide bonds. The van der Waals surface area contributed by atoms with E-state index in [1.807, 2.05) is 0 Å². The summed E-state index contributed by atoms with van der Waals surface area (Å²) in [7, 11) is 1.73. The fraction of sp³-hybridized carbons (Fsp3) is 0.625. The lowest BCUT2D eigenvalue weighted by molar-refractivity contribution is 0.118. The molecule has 0 heterocycles. The number of ether oxygens (including phenoxy) is 2. The highest BCUT2D eigenvalue weighted by atomic mass is 16.5. The van der Waals surface area contributed by atoms with E-state index >= 15 is 0 Å². The van der Waals surface area contributed by atoms with E-state index in [4.69, 9.17) is 9.47 Å². The first kappa shape index (κ1) is 12.0. The van der Waals surface area contributed by atoms with Crippen molar-refractivity contribution in [3.63, 3.8) is 0 Å². The van der Waals surface area contributed by atoms with Crippen LogP contribution >= 0.6 is 0 Å². The van der Waals surface area contributed by atoms with E-state index in [0.717, 1.165) is 17.6 Å². The Bertz CT molecular complexity index is 390. The van der Waals surface area contributed by atoms with Crippen molar-refractivity contribution in [2.24, 2.45) is 11.8 Å². The summed E-state index contributed by atoms with van der Waals surface area (Å²) in [5.74, 6) is 2.86. The minimum atomic E-state index is 0.439. The molecule has 2 aliphatic rings. The molecule has 0 spiro atoms. The van der Waals surface area contributed by atoms with Gasteiger partial charge in [0, 0.05) is 7.11 Å². The molecule has 3 atom stereocenters. The lowest BCUT2D eigenvalue weighted by Crippen LogP contribution is -2.26. The lowest BCUT2D eigenvalue weighted by atomic mass is 9.87. The minimum absolute atomic E-state index is 0.439. The Kier molecular flexibility index (Phi) is 3.55. The quantitative estimate of drug-likeness (QED) is 0.804. The van der Waals surface area contributed by atoms with E-state index < -0.39 is 0 Å². The monoisotopic (exact) mass is 246 g/mol. The van der Waals surface area contributed by atoms with Crippen LogP contribution in [0.25, 0.3) is 0 Å². The highest BCUT2D eigenvalue weighted by Gasteiger charge is 2.34. The largest absolute Gasteiger partial charge is 0.490 e. The van der Waals surface area contributed by atoms with Crippen molar-refractivity contribution in [3.05, 3.63) is 29.8 Å². The van der Waals surface area contributed by atoms with Gasteiger partial charge in [0.1, 0.15) is 5.75 Å². The van der Waals surface area contributed by atoms with Crippen LogP contribution in [-0.4, -0.2) is 13.2 Å². The molecule has 1 aromatic carbocycles. The standard InChI is InChI=1S/C16H22O2/c1-17-11-14-3-2-4-15(10-14)18-16-8-12-5-6-13(7-12)9-16/h2-4,10,12-13,16H,5-9,11H2,1H3/t12-,13+,16?. The van der Waals surface area contributed by atoms with Gasteiger partial charge in [0.2, 0.25) is 0 Å². The second kappa shape index (κ2) is 5.31. The molecule has 0 radical (unpaired) electrons. The highest BCUT2D eigenvalue weighted by Crippen LogP contribution is 2.43. The first-order valence-electron chi connectivity index (χ1n) is 7.08. The average Bonchev–Trinajstić information content (AvgIpc) is 2.70. The number of hydrogen-bond donors (Lipinski definition) is 0. The Hall–Kier alpha value is -1.02. The maximum absolute atomic E-state index is 6.17. The van der Waals surface area contributed by atoms with Crippen LogP contribution in [0.3, 0.4) is 0 Å². The lowest BCUT2D eigenvalue weighted by Gasteiger charge is -2.28. The van der Waals surface area contributed by atoms with Crippen LogP contribution in [0.1, 0.15) is 37.7 Å². The number of methoxy groups -OCH3 is 1. The van der Waals surface area contributed by atoms with Crippen LogP contribution in [0.5, 0.6) is 5.75 Å². The van der Waals surface area contributed by atoms with Crippen LogP contribution in [-0.2, 0) is 11.3 Å². The van der Waals surface area contributed by atoms with Crippen molar-refractivity contribution in [2.75, 3.05) is 7.11 Å². The van der Waals surface area contributed by atoms with Gasteiger partial charge >= 0.3 is 0 Å². The van der Waals surface area contributed by atoms with Crippen molar-refractivity contribution in [3.8, 4) is 5.75 Å². The third-order valence-electron chi connectivity index (χ3n) is 4.35. The predicted molar refractivity (Wildman–Crippen MR) is 71.6 cm³/mol. The van der Waals surface area contributed by atoms with Gasteiger partial charge in [-0.15, -0.1) is 0 Å². The van der Waals surface area contributed by atoms with Crippen LogP contribution in [0.2, 0.25) is 0 Å². The van der Waals surface area contributed by atoms with E-state index in [9.17, 15) is 0 Å². The summed E-state index contributed by atoms with van der Waals surface area (Å²) in [4.78, 5) is 0. The van der Waals surface area contributed by atoms with E-state index in [0.29, 0.717) is 12.7 Å². The van der Waals surface area contributed by atoms with Crippen molar-refractivity contribution < 1.29 is 9.47 Å². The van der Waals surface area contributed by atoms with Crippen LogP contribution in [0.4, 0.5) is 0 Å². The molecular formula is C16H22O2. The van der Waals surface area contributed by atoms with Crippen molar-refractivity contribution in [1.29, 1.82) is 0 Å². The molecule has 3 rings (SSSR count). The zero-order valence-electron chi connectivity index (χ0n) is 11.1. The van der Waals surface area contributed by atoms with Gasteiger partial charge in [0.25, 0.3) is 0 Å². The molecule has 2 nitrogen and oxygen atoms in total. The Balaban J connectivity index is 1.63. The summed E-state index contributed by atoms with van der Waals surface area (Å²) in [6.07, 6.45) is 7.25. The van der Waals surface area contributed by atoms with Crippen molar-refractivity contribution in [1.82, 2.24) is 0 Å². The van der Waals surface area contributed by atoms with E-state index in [2.05, 4.69) is 24.3 Å². The minimum Gasteiger partial charge on any atom is -0.490 e. The fourth-order valence-electron chi connectivity index (χ4n) is 3.61. The molecule has 2 heteroatoms. The predicted octanol–water partition coefficient (Wildman–Crippen LogP) is 3.79. The topological polar surface area (TPSA) is 18.5 Å². The first-order chi connectivity index (χ1) is 8.83. The van der Waals surface area contributed by atoms with Crippen LogP contribution in [0.15, 0.2) is 24.3 Å². The molecule has 18 heavy (non-hydrogen) atoms. The number of fused-ring (bicyclic) bond motifs is 2. The summed E-state index contributed by atoms with van der Waals surface area (Å²) in [6.45, 7) is 0.660. The number of rotatable bonds is 4. The summed E-state index contributed by atoms with van der Waals surface area (Å²) in [5, 5.41) is 0. The molecular weight excluding hydrogens is 224 g/mol. The molecule has 0 aromatic heterocycles. The maximum Gasteiger partial charge on any atom is 0.120 e. The highest BCUT2D eigenvalue weighted by molar-refractivity contribution is 5.28. The van der Waals surface area contributed by atoms with Gasteiger partial charge in [0.05, 0.1) is 12.7 Å². The Morgan fingerprint density at radius 2 is 1.89 bits per heavy atom. The molecule has 2 aliphatic carbocycles. The van der Waals surface area contributed by atoms with Crippen molar-refractivity contribution in [2.45, 2.75) is 44.8 Å². The van der Waals surface area contributed by atoms with Crippen molar-refractivity contribution >= 4 is 0 Å². The number of benzene rings is 1. The maximum atomic E-state index is 6.17. The normalized spacial score (nSPS) is 30.4. The molecule has 1 aromatic rings. The molecule has 2 saturated carbocycles. The Morgan fingerprint density at radius 3 is 2.61 bits per heavy atom. The van der Waals surface area contributed by atoms with Gasteiger partial charge in [-0.1, -0.05) is 25.0 Å². The summed E-state index contributed by atoms with van der Waals surface area (Å²) in [5.41, 5.74) is 1.19. The van der Waals surface area contributed by atoms with Gasteiger partial charge in [-0.3, -0.25) is 0 Å². The molecule has 0 aliphatic heterocycles.